The summed E-state index contributed by atoms with van der Waals surface area (Å²) in [5, 5.41) is 3.15. The molecule has 1 aromatic heterocycles. The topological polar surface area (TPSA) is 46.9 Å². The van der Waals surface area contributed by atoms with Gasteiger partial charge in [0.1, 0.15) is 5.82 Å². The number of fused-ring (bicyclic) bond motifs is 1. The van der Waals surface area contributed by atoms with Crippen molar-refractivity contribution in [3.63, 3.8) is 0 Å². The Hall–Kier alpha value is -0.970. The first kappa shape index (κ1) is 13.5. The second-order valence-electron chi connectivity index (χ2n) is 5.05. The summed E-state index contributed by atoms with van der Waals surface area (Å²) in [4.78, 5) is 16.4. The molecule has 2 atom stereocenters. The van der Waals surface area contributed by atoms with Gasteiger partial charge in [0, 0.05) is 36.9 Å². The predicted molar refractivity (Wildman–Crippen MR) is 74.8 cm³/mol. The lowest BCUT2D eigenvalue weighted by atomic mass is 10.1. The van der Waals surface area contributed by atoms with Gasteiger partial charge in [-0.15, -0.1) is 0 Å². The Morgan fingerprint density at radius 3 is 3.22 bits per heavy atom. The van der Waals surface area contributed by atoms with Crippen LogP contribution in [0.5, 0.6) is 0 Å². The molecule has 0 saturated carbocycles. The fourth-order valence-electron chi connectivity index (χ4n) is 2.37. The van der Waals surface area contributed by atoms with E-state index >= 15 is 0 Å². The van der Waals surface area contributed by atoms with Gasteiger partial charge in [-0.3, -0.25) is 4.79 Å². The molecule has 0 aromatic carbocycles. The molecule has 5 heteroatoms. The maximum Gasteiger partial charge on any atom is 0.223 e. The lowest BCUT2D eigenvalue weighted by molar-refractivity contribution is -0.124. The van der Waals surface area contributed by atoms with E-state index in [1.807, 2.05) is 20.1 Å². The zero-order valence-electron chi connectivity index (χ0n) is 11.3. The summed E-state index contributed by atoms with van der Waals surface area (Å²) in [6.45, 7) is 4.86. The Morgan fingerprint density at radius 2 is 2.50 bits per heavy atom. The molecular weight excluding hydrogens is 246 g/mol. The number of rotatable bonds is 4. The van der Waals surface area contributed by atoms with Crippen LogP contribution in [-0.4, -0.2) is 33.5 Å². The number of nitrogens with one attached hydrogen (secondary N) is 1. The Morgan fingerprint density at radius 1 is 1.72 bits per heavy atom. The standard InChI is InChI=1S/C13H21N3OS/c1-9(8-18-3)13(17)15-11-4-5-12-14-10(2)6-16(12)7-11/h6,9,11H,4-5,7-8H2,1-3H3,(H,15,17). The Balaban J connectivity index is 1.91. The third-order valence-electron chi connectivity index (χ3n) is 3.32. The maximum absolute atomic E-state index is 12.0. The molecule has 0 saturated heterocycles. The zero-order chi connectivity index (χ0) is 13.1. The molecule has 2 rings (SSSR count). The number of aromatic nitrogens is 2. The number of hydrogen-bond donors (Lipinski definition) is 1. The van der Waals surface area contributed by atoms with Gasteiger partial charge in [0.25, 0.3) is 0 Å². The van der Waals surface area contributed by atoms with Crippen LogP contribution in [0.3, 0.4) is 0 Å². The zero-order valence-corrected chi connectivity index (χ0v) is 12.1. The number of carbonyl (C=O) groups excluding carboxylic acids is 1. The monoisotopic (exact) mass is 267 g/mol. The van der Waals surface area contributed by atoms with Gasteiger partial charge in [-0.2, -0.15) is 11.8 Å². The van der Waals surface area contributed by atoms with Crippen molar-refractivity contribution in [2.24, 2.45) is 5.92 Å². The number of carbonyl (C=O) groups is 1. The number of nitrogens with zero attached hydrogens (tertiary/aromatic N) is 2. The predicted octanol–water partition coefficient (Wildman–Crippen LogP) is 1.62. The van der Waals surface area contributed by atoms with Crippen LogP contribution >= 0.6 is 11.8 Å². The summed E-state index contributed by atoms with van der Waals surface area (Å²) >= 11 is 1.72. The number of hydrogen-bond acceptors (Lipinski definition) is 3. The van der Waals surface area contributed by atoms with Gasteiger partial charge in [0.05, 0.1) is 5.69 Å². The second-order valence-corrected chi connectivity index (χ2v) is 5.96. The van der Waals surface area contributed by atoms with E-state index in [4.69, 9.17) is 0 Å². The van der Waals surface area contributed by atoms with Gasteiger partial charge in [0.2, 0.25) is 5.91 Å². The fraction of sp³-hybridized carbons (Fsp3) is 0.692. The third-order valence-corrected chi connectivity index (χ3v) is 4.16. The summed E-state index contributed by atoms with van der Waals surface area (Å²) < 4.78 is 2.17. The minimum atomic E-state index is 0.0888. The first-order valence-electron chi connectivity index (χ1n) is 6.42. The van der Waals surface area contributed by atoms with Gasteiger partial charge in [-0.25, -0.2) is 4.98 Å². The summed E-state index contributed by atoms with van der Waals surface area (Å²) in [5.74, 6) is 2.30. The quantitative estimate of drug-likeness (QED) is 0.902. The number of amides is 1. The van der Waals surface area contributed by atoms with E-state index < -0.39 is 0 Å². The normalized spacial score (nSPS) is 20.3. The largest absolute Gasteiger partial charge is 0.351 e. The van der Waals surface area contributed by atoms with Crippen LogP contribution in [0.15, 0.2) is 6.20 Å². The van der Waals surface area contributed by atoms with Crippen LogP contribution in [0.2, 0.25) is 0 Å². The molecule has 100 valence electrons. The molecule has 0 aliphatic carbocycles. The van der Waals surface area contributed by atoms with Crippen LogP contribution in [0.4, 0.5) is 0 Å². The number of thioether (sulfide) groups is 1. The van der Waals surface area contributed by atoms with Gasteiger partial charge >= 0.3 is 0 Å². The lowest BCUT2D eigenvalue weighted by Gasteiger charge is -2.25. The molecule has 1 amide bonds. The smallest absolute Gasteiger partial charge is 0.223 e. The molecule has 1 aliphatic heterocycles. The lowest BCUT2D eigenvalue weighted by Crippen LogP contribution is -2.43. The van der Waals surface area contributed by atoms with Crippen LogP contribution in [-0.2, 0) is 17.8 Å². The van der Waals surface area contributed by atoms with Crippen LogP contribution in [0.1, 0.15) is 24.9 Å². The minimum Gasteiger partial charge on any atom is -0.351 e. The first-order valence-corrected chi connectivity index (χ1v) is 7.81. The average molecular weight is 267 g/mol. The van der Waals surface area contributed by atoms with E-state index in [1.54, 1.807) is 11.8 Å². The van der Waals surface area contributed by atoms with Crippen LogP contribution < -0.4 is 5.32 Å². The van der Waals surface area contributed by atoms with Crippen LogP contribution in [0, 0.1) is 12.8 Å². The van der Waals surface area contributed by atoms with Crippen molar-refractivity contribution < 1.29 is 4.79 Å². The van der Waals surface area contributed by atoms with Gasteiger partial charge in [0.15, 0.2) is 0 Å². The average Bonchev–Trinajstić information content (AvgIpc) is 2.68. The highest BCUT2D eigenvalue weighted by atomic mass is 32.2. The molecule has 2 heterocycles. The van der Waals surface area contributed by atoms with E-state index in [9.17, 15) is 4.79 Å². The fourth-order valence-corrected chi connectivity index (χ4v) is 3.02. The summed E-state index contributed by atoms with van der Waals surface area (Å²) in [6.07, 6.45) is 6.05. The molecule has 0 fully saturated rings. The van der Waals surface area contributed by atoms with E-state index in [2.05, 4.69) is 21.1 Å². The number of aryl methyl sites for hydroxylation is 2. The molecule has 0 spiro atoms. The molecular formula is C13H21N3OS. The van der Waals surface area contributed by atoms with Crippen LogP contribution in [0.25, 0.3) is 0 Å². The minimum absolute atomic E-state index is 0.0888. The van der Waals surface area contributed by atoms with E-state index in [1.165, 1.54) is 0 Å². The summed E-state index contributed by atoms with van der Waals surface area (Å²) in [6, 6.07) is 0.253. The maximum atomic E-state index is 12.0. The van der Waals surface area contributed by atoms with Crippen molar-refractivity contribution in [3.05, 3.63) is 17.7 Å². The molecule has 2 unspecified atom stereocenters. The highest BCUT2D eigenvalue weighted by Gasteiger charge is 2.22. The van der Waals surface area contributed by atoms with Crippen molar-refractivity contribution >= 4 is 17.7 Å². The first-order chi connectivity index (χ1) is 8.60. The van der Waals surface area contributed by atoms with E-state index in [-0.39, 0.29) is 17.9 Å². The van der Waals surface area contributed by atoms with Crippen molar-refractivity contribution in [1.82, 2.24) is 14.9 Å². The Kier molecular flexibility index (Phi) is 4.32. The molecule has 1 aliphatic rings. The molecule has 1 N–H and O–H groups in total. The van der Waals surface area contributed by atoms with Crippen molar-refractivity contribution in [2.45, 2.75) is 39.3 Å². The molecule has 4 nitrogen and oxygen atoms in total. The highest BCUT2D eigenvalue weighted by Crippen LogP contribution is 2.15. The summed E-state index contributed by atoms with van der Waals surface area (Å²) in [7, 11) is 0. The van der Waals surface area contributed by atoms with E-state index in [0.29, 0.717) is 0 Å². The third kappa shape index (κ3) is 3.07. The van der Waals surface area contributed by atoms with Gasteiger partial charge < -0.3 is 9.88 Å². The molecule has 18 heavy (non-hydrogen) atoms. The Bertz CT molecular complexity index is 430. The molecule has 0 radical (unpaired) electrons. The van der Waals surface area contributed by atoms with Gasteiger partial charge in [-0.1, -0.05) is 6.92 Å². The van der Waals surface area contributed by atoms with Crippen molar-refractivity contribution in [3.8, 4) is 0 Å². The number of imidazole rings is 1. The highest BCUT2D eigenvalue weighted by molar-refractivity contribution is 7.98. The van der Waals surface area contributed by atoms with Crippen molar-refractivity contribution in [2.75, 3.05) is 12.0 Å². The van der Waals surface area contributed by atoms with E-state index in [0.717, 1.165) is 36.7 Å². The Labute approximate surface area is 113 Å². The van der Waals surface area contributed by atoms with Crippen molar-refractivity contribution in [1.29, 1.82) is 0 Å². The van der Waals surface area contributed by atoms with Gasteiger partial charge in [-0.05, 0) is 19.6 Å². The summed E-state index contributed by atoms with van der Waals surface area (Å²) in [5.41, 5.74) is 1.06. The SMILES string of the molecule is CSCC(C)C(=O)NC1CCc2nc(C)cn2C1. The molecule has 0 bridgehead atoms. The molecule has 1 aromatic rings. The second kappa shape index (κ2) is 5.78.